The fourth-order valence-corrected chi connectivity index (χ4v) is 2.45. The normalized spacial score (nSPS) is 12.3. The van der Waals surface area contributed by atoms with Crippen LogP contribution in [0.15, 0.2) is 24.3 Å². The van der Waals surface area contributed by atoms with Crippen LogP contribution in [-0.4, -0.2) is 15.3 Å². The zero-order valence-electron chi connectivity index (χ0n) is 11.1. The van der Waals surface area contributed by atoms with Gasteiger partial charge in [0.15, 0.2) is 0 Å². The Hall–Kier alpha value is -1.28. The van der Waals surface area contributed by atoms with E-state index in [1.54, 1.807) is 0 Å². The van der Waals surface area contributed by atoms with Gasteiger partial charge in [0.25, 0.3) is 0 Å². The first-order valence-electron chi connectivity index (χ1n) is 6.22. The third-order valence-electron chi connectivity index (χ3n) is 3.18. The summed E-state index contributed by atoms with van der Waals surface area (Å²) in [5.41, 5.74) is 3.12. The van der Waals surface area contributed by atoms with E-state index < -0.39 is 5.60 Å². The molecular formula is C15H21NO. The van der Waals surface area contributed by atoms with Crippen molar-refractivity contribution in [2.45, 2.75) is 46.3 Å². The van der Waals surface area contributed by atoms with Gasteiger partial charge in [-0.3, -0.25) is 0 Å². The lowest BCUT2D eigenvalue weighted by atomic mass is 10.0. The maximum atomic E-state index is 9.97. The van der Waals surface area contributed by atoms with Crippen molar-refractivity contribution >= 4 is 10.9 Å². The Labute approximate surface area is 103 Å². The minimum Gasteiger partial charge on any atom is -0.390 e. The van der Waals surface area contributed by atoms with Crippen LogP contribution < -0.4 is 0 Å². The number of aliphatic hydroxyl groups is 1. The molecule has 0 fully saturated rings. The van der Waals surface area contributed by atoms with Gasteiger partial charge in [0.1, 0.15) is 0 Å². The second-order valence-electron chi connectivity index (χ2n) is 5.38. The van der Waals surface area contributed by atoms with Crippen molar-refractivity contribution in [3.05, 3.63) is 35.5 Å². The third kappa shape index (κ3) is 2.37. The van der Waals surface area contributed by atoms with E-state index >= 15 is 0 Å². The Balaban J connectivity index is 2.60. The molecule has 0 unspecified atom stereocenters. The molecule has 2 heteroatoms. The molecule has 1 aromatic carbocycles. The molecule has 0 amide bonds. The molecule has 17 heavy (non-hydrogen) atoms. The molecule has 0 aliphatic heterocycles. The van der Waals surface area contributed by atoms with Crippen LogP contribution in [-0.2, 0) is 13.0 Å². The summed E-state index contributed by atoms with van der Waals surface area (Å²) >= 11 is 0. The molecule has 1 N–H and O–H groups in total. The minimum atomic E-state index is -0.658. The molecule has 1 heterocycles. The van der Waals surface area contributed by atoms with E-state index in [1.807, 2.05) is 13.8 Å². The van der Waals surface area contributed by atoms with E-state index in [1.165, 1.54) is 22.2 Å². The minimum absolute atomic E-state index is 0.658. The average Bonchev–Trinajstić information content (AvgIpc) is 2.54. The highest BCUT2D eigenvalue weighted by Gasteiger charge is 2.18. The molecule has 0 saturated carbocycles. The number of nitrogens with zero attached hydrogens (tertiary/aromatic N) is 1. The Bertz CT molecular complexity index is 532. The first-order chi connectivity index (χ1) is 7.92. The number of fused-ring (bicyclic) bond motifs is 1. The quantitative estimate of drug-likeness (QED) is 0.861. The van der Waals surface area contributed by atoms with Crippen molar-refractivity contribution in [1.82, 2.24) is 4.57 Å². The molecule has 0 saturated heterocycles. The van der Waals surface area contributed by atoms with Crippen molar-refractivity contribution in [1.29, 1.82) is 0 Å². The number of rotatable bonds is 3. The Kier molecular flexibility index (Phi) is 3.00. The number of aryl methyl sites for hydroxylation is 2. The number of benzene rings is 1. The third-order valence-corrected chi connectivity index (χ3v) is 3.18. The van der Waals surface area contributed by atoms with Gasteiger partial charge >= 0.3 is 0 Å². The van der Waals surface area contributed by atoms with Crippen molar-refractivity contribution < 1.29 is 5.11 Å². The smallest absolute Gasteiger partial charge is 0.0646 e. The molecule has 1 aromatic heterocycles. The molecule has 0 aliphatic carbocycles. The summed E-state index contributed by atoms with van der Waals surface area (Å²) in [6, 6.07) is 8.60. The zero-order valence-corrected chi connectivity index (χ0v) is 11.1. The SMILES string of the molecule is CCn1c(CC(C)(C)O)cc2c(C)cccc21. The highest BCUT2D eigenvalue weighted by molar-refractivity contribution is 5.84. The van der Waals surface area contributed by atoms with Gasteiger partial charge in [-0.2, -0.15) is 0 Å². The van der Waals surface area contributed by atoms with E-state index in [-0.39, 0.29) is 0 Å². The van der Waals surface area contributed by atoms with E-state index in [2.05, 4.69) is 42.7 Å². The second kappa shape index (κ2) is 4.19. The highest BCUT2D eigenvalue weighted by Crippen LogP contribution is 2.25. The summed E-state index contributed by atoms with van der Waals surface area (Å²) in [5, 5.41) is 11.3. The molecule has 0 aliphatic rings. The molecule has 0 bridgehead atoms. The van der Waals surface area contributed by atoms with E-state index in [9.17, 15) is 5.11 Å². The van der Waals surface area contributed by atoms with Crippen LogP contribution >= 0.6 is 0 Å². The summed E-state index contributed by atoms with van der Waals surface area (Å²) < 4.78 is 2.29. The van der Waals surface area contributed by atoms with Crippen molar-refractivity contribution in [2.24, 2.45) is 0 Å². The molecule has 0 radical (unpaired) electrons. The first kappa shape index (κ1) is 12.2. The van der Waals surface area contributed by atoms with Gasteiger partial charge in [-0.25, -0.2) is 0 Å². The van der Waals surface area contributed by atoms with Crippen LogP contribution in [0.25, 0.3) is 10.9 Å². The highest BCUT2D eigenvalue weighted by atomic mass is 16.3. The van der Waals surface area contributed by atoms with Gasteiger partial charge in [-0.15, -0.1) is 0 Å². The fourth-order valence-electron chi connectivity index (χ4n) is 2.45. The summed E-state index contributed by atoms with van der Waals surface area (Å²) in [4.78, 5) is 0. The van der Waals surface area contributed by atoms with Crippen LogP contribution in [0.1, 0.15) is 32.0 Å². The summed E-state index contributed by atoms with van der Waals surface area (Å²) in [7, 11) is 0. The second-order valence-corrected chi connectivity index (χ2v) is 5.38. The lowest BCUT2D eigenvalue weighted by molar-refractivity contribution is 0.0791. The maximum Gasteiger partial charge on any atom is 0.0646 e. The zero-order chi connectivity index (χ0) is 12.6. The molecule has 2 aromatic rings. The first-order valence-corrected chi connectivity index (χ1v) is 6.22. The van der Waals surface area contributed by atoms with E-state index in [0.717, 1.165) is 6.54 Å². The summed E-state index contributed by atoms with van der Waals surface area (Å²) in [6.45, 7) is 8.94. The van der Waals surface area contributed by atoms with Gasteiger partial charge in [0.2, 0.25) is 0 Å². The van der Waals surface area contributed by atoms with Crippen LogP contribution in [0.2, 0.25) is 0 Å². The Morgan fingerprint density at radius 3 is 2.59 bits per heavy atom. The molecule has 2 nitrogen and oxygen atoms in total. The predicted octanol–water partition coefficient (Wildman–Crippen LogP) is 3.28. The number of hydrogen-bond donors (Lipinski definition) is 1. The average molecular weight is 231 g/mol. The summed E-state index contributed by atoms with van der Waals surface area (Å²) in [5.74, 6) is 0. The van der Waals surface area contributed by atoms with Gasteiger partial charge in [0, 0.05) is 29.6 Å². The van der Waals surface area contributed by atoms with Crippen LogP contribution in [0.3, 0.4) is 0 Å². The van der Waals surface area contributed by atoms with E-state index in [4.69, 9.17) is 0 Å². The topological polar surface area (TPSA) is 25.2 Å². The fraction of sp³-hybridized carbons (Fsp3) is 0.467. The van der Waals surface area contributed by atoms with Crippen molar-refractivity contribution in [2.75, 3.05) is 0 Å². The molecule has 0 spiro atoms. The van der Waals surface area contributed by atoms with Crippen molar-refractivity contribution in [3.63, 3.8) is 0 Å². The number of aromatic nitrogens is 1. The lowest BCUT2D eigenvalue weighted by Crippen LogP contribution is -2.23. The van der Waals surface area contributed by atoms with Gasteiger partial charge < -0.3 is 9.67 Å². The molecule has 2 rings (SSSR count). The molecular weight excluding hydrogens is 210 g/mol. The Morgan fingerprint density at radius 2 is 2.00 bits per heavy atom. The largest absolute Gasteiger partial charge is 0.390 e. The number of hydrogen-bond acceptors (Lipinski definition) is 1. The van der Waals surface area contributed by atoms with Gasteiger partial charge in [-0.1, -0.05) is 12.1 Å². The van der Waals surface area contributed by atoms with E-state index in [0.29, 0.717) is 6.42 Å². The monoisotopic (exact) mass is 231 g/mol. The van der Waals surface area contributed by atoms with Crippen LogP contribution in [0.5, 0.6) is 0 Å². The van der Waals surface area contributed by atoms with Crippen molar-refractivity contribution in [3.8, 4) is 0 Å². The Morgan fingerprint density at radius 1 is 1.29 bits per heavy atom. The van der Waals surface area contributed by atoms with Gasteiger partial charge in [-0.05, 0) is 45.4 Å². The lowest BCUT2D eigenvalue weighted by Gasteiger charge is -2.18. The van der Waals surface area contributed by atoms with Crippen LogP contribution in [0, 0.1) is 6.92 Å². The summed E-state index contributed by atoms with van der Waals surface area (Å²) in [6.07, 6.45) is 0.689. The molecule has 0 atom stereocenters. The maximum absolute atomic E-state index is 9.97. The molecule has 92 valence electrons. The van der Waals surface area contributed by atoms with Gasteiger partial charge in [0.05, 0.1) is 5.60 Å². The van der Waals surface area contributed by atoms with Crippen LogP contribution in [0.4, 0.5) is 0 Å². The standard InChI is InChI=1S/C15H21NO/c1-5-16-12(10-15(3,4)17)9-13-11(2)7-6-8-14(13)16/h6-9,17H,5,10H2,1-4H3. The predicted molar refractivity (Wildman–Crippen MR) is 72.4 cm³/mol.